The lowest BCUT2D eigenvalue weighted by Gasteiger charge is -2.35. The Morgan fingerprint density at radius 1 is 1.67 bits per heavy atom. The summed E-state index contributed by atoms with van der Waals surface area (Å²) in [6.07, 6.45) is 2.26. The Bertz CT molecular complexity index is 383. The first-order valence-electron chi connectivity index (χ1n) is 4.43. The van der Waals surface area contributed by atoms with Gasteiger partial charge in [0.05, 0.1) is 13.2 Å². The van der Waals surface area contributed by atoms with E-state index in [2.05, 4.69) is 14.8 Å². The first-order valence-corrected chi connectivity index (χ1v) is 4.43. The van der Waals surface area contributed by atoms with Crippen LogP contribution in [0.3, 0.4) is 0 Å². The van der Waals surface area contributed by atoms with Crippen molar-refractivity contribution in [3.05, 3.63) is 12.2 Å². The van der Waals surface area contributed by atoms with Gasteiger partial charge in [-0.2, -0.15) is 0 Å². The number of aromatic nitrogens is 3. The van der Waals surface area contributed by atoms with E-state index in [1.807, 2.05) is 0 Å². The molecule has 15 heavy (non-hydrogen) atoms. The quantitative estimate of drug-likeness (QED) is 0.476. The highest BCUT2D eigenvalue weighted by atomic mass is 16.5. The molecule has 7 nitrogen and oxygen atoms in total. The largest absolute Gasteiger partial charge is 0.463 e. The van der Waals surface area contributed by atoms with E-state index in [1.54, 1.807) is 9.58 Å². The SMILES string of the molecule is COC(=O)c1ncn(C2CN(C=O)C2)n1. The minimum Gasteiger partial charge on any atom is -0.463 e. The van der Waals surface area contributed by atoms with Gasteiger partial charge in [-0.1, -0.05) is 0 Å². The Morgan fingerprint density at radius 2 is 2.40 bits per heavy atom. The summed E-state index contributed by atoms with van der Waals surface area (Å²) in [5.41, 5.74) is 0. The van der Waals surface area contributed by atoms with Gasteiger partial charge >= 0.3 is 5.97 Å². The Morgan fingerprint density at radius 3 is 3.00 bits per heavy atom. The van der Waals surface area contributed by atoms with Gasteiger partial charge in [-0.05, 0) is 0 Å². The zero-order chi connectivity index (χ0) is 10.8. The first kappa shape index (κ1) is 9.63. The summed E-state index contributed by atoms with van der Waals surface area (Å²) in [5.74, 6) is -0.512. The highest BCUT2D eigenvalue weighted by Crippen LogP contribution is 2.17. The lowest BCUT2D eigenvalue weighted by Crippen LogP contribution is -2.46. The molecule has 80 valence electrons. The van der Waals surface area contributed by atoms with Crippen LogP contribution in [0.1, 0.15) is 16.7 Å². The van der Waals surface area contributed by atoms with Crippen LogP contribution < -0.4 is 0 Å². The molecule has 2 heterocycles. The molecule has 1 aliphatic rings. The van der Waals surface area contributed by atoms with Crippen molar-refractivity contribution in [2.75, 3.05) is 20.2 Å². The lowest BCUT2D eigenvalue weighted by atomic mass is 10.1. The van der Waals surface area contributed by atoms with E-state index in [0.29, 0.717) is 13.1 Å². The van der Waals surface area contributed by atoms with Gasteiger partial charge in [0, 0.05) is 13.1 Å². The number of rotatable bonds is 3. The number of ether oxygens (including phenoxy) is 1. The standard InChI is InChI=1S/C8H10N4O3/c1-15-8(14)7-9-4-12(10-7)6-2-11(3-6)5-13/h4-6H,2-3H2,1H3. The molecule has 1 aromatic heterocycles. The van der Waals surface area contributed by atoms with Gasteiger partial charge < -0.3 is 9.64 Å². The fourth-order valence-electron chi connectivity index (χ4n) is 1.38. The predicted molar refractivity (Wildman–Crippen MR) is 48.0 cm³/mol. The number of hydrogen-bond donors (Lipinski definition) is 0. The molecule has 7 heteroatoms. The highest BCUT2D eigenvalue weighted by Gasteiger charge is 2.28. The molecular formula is C8H10N4O3. The number of hydrogen-bond acceptors (Lipinski definition) is 5. The van der Waals surface area contributed by atoms with E-state index < -0.39 is 5.97 Å². The maximum absolute atomic E-state index is 11.0. The van der Waals surface area contributed by atoms with Gasteiger partial charge in [-0.15, -0.1) is 5.10 Å². The van der Waals surface area contributed by atoms with Crippen LogP contribution in [0, 0.1) is 0 Å². The number of carbonyl (C=O) groups is 2. The van der Waals surface area contributed by atoms with Gasteiger partial charge in [0.2, 0.25) is 6.41 Å². The van der Waals surface area contributed by atoms with E-state index >= 15 is 0 Å². The molecule has 0 atom stereocenters. The topological polar surface area (TPSA) is 77.3 Å². The van der Waals surface area contributed by atoms with Crippen LogP contribution in [0.4, 0.5) is 0 Å². The maximum Gasteiger partial charge on any atom is 0.377 e. The van der Waals surface area contributed by atoms with Crippen LogP contribution in [-0.4, -0.2) is 52.2 Å². The smallest absolute Gasteiger partial charge is 0.377 e. The minimum absolute atomic E-state index is 0.0436. The molecule has 1 fully saturated rings. The number of esters is 1. The third kappa shape index (κ3) is 1.67. The molecule has 1 aliphatic heterocycles. The van der Waals surface area contributed by atoms with Crippen LogP contribution in [-0.2, 0) is 9.53 Å². The second-order valence-electron chi connectivity index (χ2n) is 3.25. The number of amides is 1. The van der Waals surface area contributed by atoms with Gasteiger partial charge in [0.15, 0.2) is 0 Å². The normalized spacial score (nSPS) is 15.9. The first-order chi connectivity index (χ1) is 7.24. The molecule has 1 amide bonds. The highest BCUT2D eigenvalue weighted by molar-refractivity contribution is 5.84. The summed E-state index contributed by atoms with van der Waals surface area (Å²) >= 11 is 0. The van der Waals surface area contributed by atoms with Gasteiger partial charge in [0.25, 0.3) is 5.82 Å². The Labute approximate surface area is 85.6 Å². The zero-order valence-electron chi connectivity index (χ0n) is 8.16. The van der Waals surface area contributed by atoms with Crippen molar-refractivity contribution in [1.82, 2.24) is 19.7 Å². The number of carbonyl (C=O) groups excluding carboxylic acids is 2. The molecule has 0 aliphatic carbocycles. The summed E-state index contributed by atoms with van der Waals surface area (Å²) in [7, 11) is 1.28. The molecule has 0 spiro atoms. The summed E-state index contributed by atoms with van der Waals surface area (Å²) in [6, 6.07) is 0.112. The molecule has 2 rings (SSSR count). The van der Waals surface area contributed by atoms with Crippen molar-refractivity contribution in [1.29, 1.82) is 0 Å². The molecule has 0 aromatic carbocycles. The second-order valence-corrected chi connectivity index (χ2v) is 3.25. The molecular weight excluding hydrogens is 200 g/mol. The molecule has 0 bridgehead atoms. The van der Waals surface area contributed by atoms with Crippen LogP contribution >= 0.6 is 0 Å². The zero-order valence-corrected chi connectivity index (χ0v) is 8.16. The van der Waals surface area contributed by atoms with E-state index in [1.165, 1.54) is 13.4 Å². The number of methoxy groups -OCH3 is 1. The minimum atomic E-state index is -0.555. The Kier molecular flexibility index (Phi) is 2.36. The third-order valence-corrected chi connectivity index (χ3v) is 2.29. The van der Waals surface area contributed by atoms with Crippen molar-refractivity contribution in [2.24, 2.45) is 0 Å². The van der Waals surface area contributed by atoms with Crippen LogP contribution in [0.2, 0.25) is 0 Å². The molecule has 0 radical (unpaired) electrons. The molecule has 0 saturated carbocycles. The summed E-state index contributed by atoms with van der Waals surface area (Å²) in [5, 5.41) is 3.96. The van der Waals surface area contributed by atoms with Gasteiger partial charge in [-0.25, -0.2) is 14.5 Å². The second kappa shape index (κ2) is 3.68. The molecule has 0 unspecified atom stereocenters. The van der Waals surface area contributed by atoms with Crippen molar-refractivity contribution < 1.29 is 14.3 Å². The van der Waals surface area contributed by atoms with Crippen molar-refractivity contribution in [3.8, 4) is 0 Å². The third-order valence-electron chi connectivity index (χ3n) is 2.29. The molecule has 1 aromatic rings. The average molecular weight is 210 g/mol. The van der Waals surface area contributed by atoms with Crippen molar-refractivity contribution in [3.63, 3.8) is 0 Å². The molecule has 1 saturated heterocycles. The van der Waals surface area contributed by atoms with Crippen molar-refractivity contribution >= 4 is 12.4 Å². The fourth-order valence-corrected chi connectivity index (χ4v) is 1.38. The fraction of sp³-hybridized carbons (Fsp3) is 0.500. The number of likely N-dealkylation sites (tertiary alicyclic amines) is 1. The van der Waals surface area contributed by atoms with Crippen LogP contribution in [0.5, 0.6) is 0 Å². The lowest BCUT2D eigenvalue weighted by molar-refractivity contribution is -0.123. The summed E-state index contributed by atoms with van der Waals surface area (Å²) in [6.45, 7) is 1.21. The van der Waals surface area contributed by atoms with Crippen LogP contribution in [0.25, 0.3) is 0 Å². The van der Waals surface area contributed by atoms with E-state index in [0.717, 1.165) is 6.41 Å². The van der Waals surface area contributed by atoms with E-state index in [9.17, 15) is 9.59 Å². The van der Waals surface area contributed by atoms with Crippen LogP contribution in [0.15, 0.2) is 6.33 Å². The summed E-state index contributed by atoms with van der Waals surface area (Å²) < 4.78 is 6.06. The maximum atomic E-state index is 11.0. The monoisotopic (exact) mass is 210 g/mol. The predicted octanol–water partition coefficient (Wildman–Crippen LogP) is -0.922. The molecule has 0 N–H and O–H groups in total. The Hall–Kier alpha value is -1.92. The van der Waals surface area contributed by atoms with Crippen molar-refractivity contribution in [2.45, 2.75) is 6.04 Å². The average Bonchev–Trinajstić information content (AvgIpc) is 2.64. The Balaban J connectivity index is 2.02. The number of nitrogens with zero attached hydrogens (tertiary/aromatic N) is 4. The summed E-state index contributed by atoms with van der Waals surface area (Å²) in [4.78, 5) is 26.8. The van der Waals surface area contributed by atoms with E-state index in [4.69, 9.17) is 0 Å². The van der Waals surface area contributed by atoms with Gasteiger partial charge in [0.1, 0.15) is 6.33 Å². The van der Waals surface area contributed by atoms with E-state index in [-0.39, 0.29) is 11.9 Å². The van der Waals surface area contributed by atoms with Gasteiger partial charge in [-0.3, -0.25) is 4.79 Å².